The monoisotopic (exact) mass is 227 g/mol. The molecule has 92 valence electrons. The number of aliphatic hydroxyl groups is 1. The van der Waals surface area contributed by atoms with E-state index in [1.54, 1.807) is 4.68 Å². The summed E-state index contributed by atoms with van der Waals surface area (Å²) in [6.07, 6.45) is 2.38. The first-order chi connectivity index (χ1) is 7.72. The zero-order valence-corrected chi connectivity index (χ0v) is 10.0. The van der Waals surface area contributed by atoms with Crippen LogP contribution in [0.5, 0.6) is 0 Å². The Morgan fingerprint density at radius 3 is 3.06 bits per heavy atom. The van der Waals surface area contributed by atoms with Gasteiger partial charge in [0.15, 0.2) is 0 Å². The lowest BCUT2D eigenvalue weighted by molar-refractivity contribution is 0.0430. The smallest absolute Gasteiger partial charge is 0.0897 e. The molecule has 5 heteroatoms. The van der Waals surface area contributed by atoms with E-state index in [0.717, 1.165) is 18.7 Å². The van der Waals surface area contributed by atoms with Crippen LogP contribution in [0.1, 0.15) is 12.6 Å². The molecule has 1 heterocycles. The Balaban J connectivity index is 2.03. The molecule has 16 heavy (non-hydrogen) atoms. The highest BCUT2D eigenvalue weighted by Gasteiger charge is 2.03. The van der Waals surface area contributed by atoms with E-state index in [0.29, 0.717) is 19.8 Å². The number of hydrogen-bond donors (Lipinski definition) is 2. The van der Waals surface area contributed by atoms with E-state index in [-0.39, 0.29) is 0 Å². The molecule has 0 amide bonds. The van der Waals surface area contributed by atoms with E-state index in [1.165, 1.54) is 0 Å². The van der Waals surface area contributed by atoms with Gasteiger partial charge in [-0.2, -0.15) is 5.10 Å². The van der Waals surface area contributed by atoms with Crippen LogP contribution in [0.2, 0.25) is 0 Å². The van der Waals surface area contributed by atoms with Crippen molar-refractivity contribution in [3.05, 3.63) is 18.0 Å². The quantitative estimate of drug-likeness (QED) is 0.611. The Morgan fingerprint density at radius 1 is 1.62 bits per heavy atom. The molecule has 0 radical (unpaired) electrons. The maximum absolute atomic E-state index is 9.47. The largest absolute Gasteiger partial charge is 0.389 e. The minimum Gasteiger partial charge on any atom is -0.389 e. The van der Waals surface area contributed by atoms with Crippen molar-refractivity contribution in [1.29, 1.82) is 0 Å². The van der Waals surface area contributed by atoms with E-state index in [4.69, 9.17) is 4.74 Å². The van der Waals surface area contributed by atoms with E-state index in [2.05, 4.69) is 10.4 Å². The lowest BCUT2D eigenvalue weighted by atomic mass is 10.3. The maximum Gasteiger partial charge on any atom is 0.0897 e. The van der Waals surface area contributed by atoms with Crippen molar-refractivity contribution in [2.45, 2.75) is 19.4 Å². The highest BCUT2D eigenvalue weighted by molar-refractivity contribution is 4.98. The first-order valence-corrected chi connectivity index (χ1v) is 5.67. The van der Waals surface area contributed by atoms with Gasteiger partial charge in [-0.15, -0.1) is 0 Å². The van der Waals surface area contributed by atoms with Gasteiger partial charge < -0.3 is 15.2 Å². The van der Waals surface area contributed by atoms with Gasteiger partial charge >= 0.3 is 0 Å². The molecule has 2 N–H and O–H groups in total. The predicted molar refractivity (Wildman–Crippen MR) is 62.3 cm³/mol. The molecule has 0 saturated carbocycles. The van der Waals surface area contributed by atoms with Gasteiger partial charge in [-0.05, 0) is 13.0 Å². The molecule has 0 spiro atoms. The highest BCUT2D eigenvalue weighted by atomic mass is 16.5. The van der Waals surface area contributed by atoms with Crippen molar-refractivity contribution in [1.82, 2.24) is 15.1 Å². The molecule has 0 aliphatic rings. The minimum absolute atomic E-state index is 0.396. The molecule has 0 aliphatic heterocycles. The van der Waals surface area contributed by atoms with E-state index >= 15 is 0 Å². The third-order valence-electron chi connectivity index (χ3n) is 2.22. The second-order valence-electron chi connectivity index (χ2n) is 3.75. The molecule has 1 aromatic rings. The summed E-state index contributed by atoms with van der Waals surface area (Å²) in [4.78, 5) is 0. The van der Waals surface area contributed by atoms with Gasteiger partial charge in [0.05, 0.1) is 18.4 Å². The standard InChI is InChI=1S/C11H21N3O2/c1-3-16-9-11(15)8-12-6-4-10-5-7-14(2)13-10/h5,7,11-12,15H,3-4,6,8-9H2,1-2H3. The van der Waals surface area contributed by atoms with Crippen molar-refractivity contribution >= 4 is 0 Å². The van der Waals surface area contributed by atoms with Crippen molar-refractivity contribution in [2.24, 2.45) is 7.05 Å². The fraction of sp³-hybridized carbons (Fsp3) is 0.727. The van der Waals surface area contributed by atoms with Crippen LogP contribution in [-0.2, 0) is 18.2 Å². The van der Waals surface area contributed by atoms with Gasteiger partial charge in [-0.25, -0.2) is 0 Å². The summed E-state index contributed by atoms with van der Waals surface area (Å²) in [5, 5.41) is 16.9. The lowest BCUT2D eigenvalue weighted by Gasteiger charge is -2.10. The summed E-state index contributed by atoms with van der Waals surface area (Å²) in [7, 11) is 1.91. The number of aliphatic hydroxyl groups excluding tert-OH is 1. The van der Waals surface area contributed by atoms with Gasteiger partial charge in [0, 0.05) is 39.4 Å². The summed E-state index contributed by atoms with van der Waals surface area (Å²) in [5.41, 5.74) is 1.06. The number of aryl methyl sites for hydroxylation is 1. The average molecular weight is 227 g/mol. The van der Waals surface area contributed by atoms with E-state index in [9.17, 15) is 5.11 Å². The molecular formula is C11H21N3O2. The zero-order chi connectivity index (χ0) is 11.8. The van der Waals surface area contributed by atoms with Crippen LogP contribution in [-0.4, -0.2) is 47.3 Å². The third-order valence-corrected chi connectivity index (χ3v) is 2.22. The van der Waals surface area contributed by atoms with Crippen LogP contribution < -0.4 is 5.32 Å². The van der Waals surface area contributed by atoms with Crippen LogP contribution in [0.25, 0.3) is 0 Å². The number of nitrogens with one attached hydrogen (secondary N) is 1. The fourth-order valence-corrected chi connectivity index (χ4v) is 1.39. The second-order valence-corrected chi connectivity index (χ2v) is 3.75. The van der Waals surface area contributed by atoms with Crippen LogP contribution in [0.15, 0.2) is 12.3 Å². The van der Waals surface area contributed by atoms with Gasteiger partial charge in [0.25, 0.3) is 0 Å². The summed E-state index contributed by atoms with van der Waals surface area (Å²) in [6, 6.07) is 2.00. The minimum atomic E-state index is -0.427. The van der Waals surface area contributed by atoms with Crippen LogP contribution in [0, 0.1) is 0 Å². The summed E-state index contributed by atoms with van der Waals surface area (Å²) in [5.74, 6) is 0. The highest BCUT2D eigenvalue weighted by Crippen LogP contribution is 1.94. The molecule has 0 saturated heterocycles. The summed E-state index contributed by atoms with van der Waals surface area (Å²) in [6.45, 7) is 4.34. The molecular weight excluding hydrogens is 206 g/mol. The molecule has 1 aromatic heterocycles. The number of ether oxygens (including phenoxy) is 1. The second kappa shape index (κ2) is 7.38. The van der Waals surface area contributed by atoms with E-state index in [1.807, 2.05) is 26.2 Å². The predicted octanol–water partition coefficient (Wildman–Crippen LogP) is -0.0504. The first kappa shape index (κ1) is 13.2. The lowest BCUT2D eigenvalue weighted by Crippen LogP contribution is -2.31. The molecule has 0 aromatic carbocycles. The molecule has 0 fully saturated rings. The van der Waals surface area contributed by atoms with Crippen LogP contribution >= 0.6 is 0 Å². The molecule has 0 bridgehead atoms. The Kier molecular flexibility index (Phi) is 6.07. The SMILES string of the molecule is CCOCC(O)CNCCc1ccn(C)n1. The van der Waals surface area contributed by atoms with E-state index < -0.39 is 6.10 Å². The van der Waals surface area contributed by atoms with Crippen LogP contribution in [0.3, 0.4) is 0 Å². The van der Waals surface area contributed by atoms with Gasteiger partial charge in [0.1, 0.15) is 0 Å². The topological polar surface area (TPSA) is 59.3 Å². The number of rotatable bonds is 8. The van der Waals surface area contributed by atoms with Crippen molar-refractivity contribution in [3.8, 4) is 0 Å². The maximum atomic E-state index is 9.47. The molecule has 1 rings (SSSR count). The Hall–Kier alpha value is -0.910. The van der Waals surface area contributed by atoms with Gasteiger partial charge in [0.2, 0.25) is 0 Å². The summed E-state index contributed by atoms with van der Waals surface area (Å²) >= 11 is 0. The first-order valence-electron chi connectivity index (χ1n) is 5.67. The Morgan fingerprint density at radius 2 is 2.44 bits per heavy atom. The zero-order valence-electron chi connectivity index (χ0n) is 10.0. The summed E-state index contributed by atoms with van der Waals surface area (Å²) < 4.78 is 6.90. The Bertz CT molecular complexity index is 289. The number of hydrogen-bond acceptors (Lipinski definition) is 4. The molecule has 1 unspecified atom stereocenters. The normalized spacial score (nSPS) is 12.9. The molecule has 1 atom stereocenters. The van der Waals surface area contributed by atoms with Crippen molar-refractivity contribution in [2.75, 3.05) is 26.3 Å². The number of nitrogens with zero attached hydrogens (tertiary/aromatic N) is 2. The van der Waals surface area contributed by atoms with Gasteiger partial charge in [-0.1, -0.05) is 0 Å². The molecule has 5 nitrogen and oxygen atoms in total. The van der Waals surface area contributed by atoms with Gasteiger partial charge in [-0.3, -0.25) is 4.68 Å². The molecule has 0 aliphatic carbocycles. The van der Waals surface area contributed by atoms with Crippen LogP contribution in [0.4, 0.5) is 0 Å². The van der Waals surface area contributed by atoms with Crippen molar-refractivity contribution < 1.29 is 9.84 Å². The van der Waals surface area contributed by atoms with Crippen molar-refractivity contribution in [3.63, 3.8) is 0 Å². The average Bonchev–Trinajstić information content (AvgIpc) is 2.67. The Labute approximate surface area is 96.4 Å². The fourth-order valence-electron chi connectivity index (χ4n) is 1.39. The third kappa shape index (κ3) is 5.25. The number of aromatic nitrogens is 2.